The number of halogens is 6. The molecule has 2 amide bonds. The molecule has 248 valence electrons. The Hall–Kier alpha value is -3.58. The molecule has 0 bridgehead atoms. The number of aliphatic hydroxyl groups is 1. The lowest BCUT2D eigenvalue weighted by molar-refractivity contribution is -0.137. The summed E-state index contributed by atoms with van der Waals surface area (Å²) >= 11 is 0. The zero-order valence-electron chi connectivity index (χ0n) is 25.0. The molecule has 2 atom stereocenters. The lowest BCUT2D eigenvalue weighted by Gasteiger charge is -2.30. The number of methoxy groups -OCH3 is 1. The van der Waals surface area contributed by atoms with Gasteiger partial charge in [0.05, 0.1) is 24.3 Å². The molecule has 0 saturated heterocycles. The number of ether oxygens (including phenoxy) is 1. The zero-order chi connectivity index (χ0) is 32.4. The molecule has 7 nitrogen and oxygen atoms in total. The maximum absolute atomic E-state index is 14.0. The van der Waals surface area contributed by atoms with Crippen LogP contribution in [-0.2, 0) is 29.3 Å². The summed E-state index contributed by atoms with van der Waals surface area (Å²) in [6.07, 6.45) is -4.45. The van der Waals surface area contributed by atoms with Crippen LogP contribution in [0.2, 0.25) is 0 Å². The highest BCUT2D eigenvalue weighted by Gasteiger charge is 2.45. The Morgan fingerprint density at radius 3 is 2.41 bits per heavy atom. The van der Waals surface area contributed by atoms with Gasteiger partial charge in [0.1, 0.15) is 11.6 Å². The van der Waals surface area contributed by atoms with E-state index in [1.165, 1.54) is 6.07 Å². The molecule has 5 rings (SSSR count). The van der Waals surface area contributed by atoms with Gasteiger partial charge in [0.2, 0.25) is 0 Å². The highest BCUT2D eigenvalue weighted by atomic mass is 35.5. The van der Waals surface area contributed by atoms with Gasteiger partial charge in [-0.15, -0.1) is 12.4 Å². The van der Waals surface area contributed by atoms with E-state index in [2.05, 4.69) is 10.6 Å². The second-order valence-electron chi connectivity index (χ2n) is 11.5. The topological polar surface area (TPSA) is 90.9 Å². The third-order valence-electron chi connectivity index (χ3n) is 8.44. The lowest BCUT2D eigenvalue weighted by Crippen LogP contribution is -2.50. The fourth-order valence-corrected chi connectivity index (χ4v) is 5.84. The van der Waals surface area contributed by atoms with Crippen LogP contribution < -0.4 is 10.6 Å². The molecule has 46 heavy (non-hydrogen) atoms. The molecule has 1 fully saturated rings. The summed E-state index contributed by atoms with van der Waals surface area (Å²) in [5.41, 5.74) is 0.234. The third kappa shape index (κ3) is 8.03. The van der Waals surface area contributed by atoms with Gasteiger partial charge < -0.3 is 25.4 Å². The minimum Gasteiger partial charge on any atom is -0.390 e. The normalized spacial score (nSPS) is 16.7. The summed E-state index contributed by atoms with van der Waals surface area (Å²) in [7, 11) is 1.54. The average molecular weight is 668 g/mol. The first-order valence-electron chi connectivity index (χ1n) is 14.7. The Kier molecular flexibility index (Phi) is 11.1. The smallest absolute Gasteiger partial charge is 0.390 e. The van der Waals surface area contributed by atoms with Gasteiger partial charge in [0.25, 0.3) is 11.8 Å². The first kappa shape index (κ1) is 35.3. The standard InChI is InChI=1S/C33H34F5N3O4.ClH/c1-45-13-12-41-11-8-25-26(6-3-7-27(25)31(41)44)30(43)40-28(16-20-14-23(34)18-24(35)15-20)29(42)19-39-32(9-10-32)21-4-2-5-22(17-21)33(36,37)38;/h2-7,14-15,17-18,28-29,39,42H,8-13,16,19H2,1H3,(H,40,43);1H/t28-,29-;/m0./s1. The molecular formula is C33H35ClF5N3O4. The first-order chi connectivity index (χ1) is 21.4. The molecular weight excluding hydrogens is 633 g/mol. The van der Waals surface area contributed by atoms with Crippen molar-refractivity contribution in [2.45, 2.75) is 49.5 Å². The molecule has 0 spiro atoms. The van der Waals surface area contributed by atoms with Crippen molar-refractivity contribution in [1.29, 1.82) is 0 Å². The number of nitrogens with one attached hydrogen (secondary N) is 2. The van der Waals surface area contributed by atoms with Crippen molar-refractivity contribution in [3.8, 4) is 0 Å². The van der Waals surface area contributed by atoms with Crippen molar-refractivity contribution in [3.05, 3.63) is 106 Å². The van der Waals surface area contributed by atoms with E-state index in [4.69, 9.17) is 4.74 Å². The van der Waals surface area contributed by atoms with E-state index in [-0.39, 0.29) is 42.4 Å². The predicted octanol–water partition coefficient (Wildman–Crippen LogP) is 5.03. The summed E-state index contributed by atoms with van der Waals surface area (Å²) in [4.78, 5) is 28.3. The molecule has 1 saturated carbocycles. The van der Waals surface area contributed by atoms with Crippen LogP contribution in [0.3, 0.4) is 0 Å². The summed E-state index contributed by atoms with van der Waals surface area (Å²) in [6, 6.07) is 11.7. The number of amides is 2. The van der Waals surface area contributed by atoms with Crippen LogP contribution in [0.1, 0.15) is 55.8 Å². The van der Waals surface area contributed by atoms with Crippen LogP contribution in [0.25, 0.3) is 0 Å². The molecule has 1 aliphatic carbocycles. The number of hydrogen-bond donors (Lipinski definition) is 3. The fourth-order valence-electron chi connectivity index (χ4n) is 5.84. The van der Waals surface area contributed by atoms with Gasteiger partial charge in [-0.05, 0) is 78.8 Å². The second kappa shape index (κ2) is 14.5. The minimum atomic E-state index is -4.51. The Morgan fingerprint density at radius 1 is 1.07 bits per heavy atom. The first-order valence-corrected chi connectivity index (χ1v) is 14.7. The van der Waals surface area contributed by atoms with Crippen LogP contribution >= 0.6 is 12.4 Å². The van der Waals surface area contributed by atoms with E-state index < -0.39 is 47.0 Å². The highest BCUT2D eigenvalue weighted by molar-refractivity contribution is 6.03. The van der Waals surface area contributed by atoms with Gasteiger partial charge in [-0.2, -0.15) is 13.2 Å². The predicted molar refractivity (Wildman–Crippen MR) is 163 cm³/mol. The largest absolute Gasteiger partial charge is 0.416 e. The molecule has 0 radical (unpaired) electrons. The molecule has 1 heterocycles. The van der Waals surface area contributed by atoms with Gasteiger partial charge >= 0.3 is 6.18 Å². The van der Waals surface area contributed by atoms with E-state index in [1.807, 2.05) is 0 Å². The molecule has 3 aromatic rings. The molecule has 1 aliphatic heterocycles. The molecule has 0 aromatic heterocycles. The van der Waals surface area contributed by atoms with Gasteiger partial charge in [0.15, 0.2) is 0 Å². The van der Waals surface area contributed by atoms with E-state index in [0.29, 0.717) is 61.7 Å². The van der Waals surface area contributed by atoms with Gasteiger partial charge in [0, 0.05) is 49.5 Å². The highest BCUT2D eigenvalue weighted by Crippen LogP contribution is 2.46. The number of alkyl halides is 3. The molecule has 0 unspecified atom stereocenters. The minimum absolute atomic E-state index is 0. The average Bonchev–Trinajstić information content (AvgIpc) is 3.79. The molecule has 13 heteroatoms. The summed E-state index contributed by atoms with van der Waals surface area (Å²) < 4.78 is 73.2. The van der Waals surface area contributed by atoms with Crippen LogP contribution in [0.5, 0.6) is 0 Å². The van der Waals surface area contributed by atoms with Crippen molar-refractivity contribution in [2.24, 2.45) is 0 Å². The number of aliphatic hydroxyl groups excluding tert-OH is 1. The van der Waals surface area contributed by atoms with Crippen molar-refractivity contribution in [3.63, 3.8) is 0 Å². The fraction of sp³-hybridized carbons (Fsp3) is 0.394. The van der Waals surface area contributed by atoms with Gasteiger partial charge in [-0.25, -0.2) is 8.78 Å². The number of carbonyl (C=O) groups excluding carboxylic acids is 2. The Labute approximate surface area is 269 Å². The van der Waals surface area contributed by atoms with Crippen LogP contribution in [0, 0.1) is 11.6 Å². The van der Waals surface area contributed by atoms with Crippen LogP contribution in [0.15, 0.2) is 60.7 Å². The SMILES string of the molecule is COCCN1CCc2c(C(=O)N[C@@H](Cc3cc(F)cc(F)c3)[C@@H](O)CNC3(c4cccc(C(F)(F)F)c4)CC3)cccc2C1=O.Cl. The number of benzene rings is 3. The van der Waals surface area contributed by atoms with E-state index in [0.717, 1.165) is 24.3 Å². The third-order valence-corrected chi connectivity index (χ3v) is 8.44. The second-order valence-corrected chi connectivity index (χ2v) is 11.5. The van der Waals surface area contributed by atoms with Crippen molar-refractivity contribution < 1.29 is 41.4 Å². The van der Waals surface area contributed by atoms with E-state index in [9.17, 15) is 36.6 Å². The zero-order valence-corrected chi connectivity index (χ0v) is 25.8. The number of carbonyl (C=O) groups is 2. The quantitative estimate of drug-likeness (QED) is 0.236. The van der Waals surface area contributed by atoms with E-state index >= 15 is 0 Å². The summed E-state index contributed by atoms with van der Waals surface area (Å²) in [5, 5.41) is 17.3. The molecule has 3 aromatic carbocycles. The lowest BCUT2D eigenvalue weighted by atomic mass is 9.92. The Morgan fingerprint density at radius 2 is 1.76 bits per heavy atom. The van der Waals surface area contributed by atoms with E-state index in [1.54, 1.807) is 36.3 Å². The molecule has 3 N–H and O–H groups in total. The Bertz CT molecular complexity index is 1550. The monoisotopic (exact) mass is 667 g/mol. The number of rotatable bonds is 12. The van der Waals surface area contributed by atoms with Crippen LogP contribution in [-0.4, -0.2) is 67.3 Å². The Balaban J connectivity index is 0.00000480. The van der Waals surface area contributed by atoms with Gasteiger partial charge in [-0.1, -0.05) is 18.2 Å². The summed E-state index contributed by atoms with van der Waals surface area (Å²) in [5.74, 6) is -2.45. The number of hydrogen-bond acceptors (Lipinski definition) is 5. The summed E-state index contributed by atoms with van der Waals surface area (Å²) in [6.45, 7) is 1.03. The maximum atomic E-state index is 14.0. The molecule has 2 aliphatic rings. The van der Waals surface area contributed by atoms with Crippen molar-refractivity contribution in [2.75, 3.05) is 33.4 Å². The number of fused-ring (bicyclic) bond motifs is 1. The van der Waals surface area contributed by atoms with Crippen molar-refractivity contribution >= 4 is 24.2 Å². The van der Waals surface area contributed by atoms with Gasteiger partial charge in [-0.3, -0.25) is 9.59 Å². The maximum Gasteiger partial charge on any atom is 0.416 e. The van der Waals surface area contributed by atoms with Crippen LogP contribution in [0.4, 0.5) is 22.0 Å². The van der Waals surface area contributed by atoms with Crippen molar-refractivity contribution in [1.82, 2.24) is 15.5 Å². The number of nitrogens with zero attached hydrogens (tertiary/aromatic N) is 1.